The first-order chi connectivity index (χ1) is 16.4. The zero-order chi connectivity index (χ0) is 25.5. The van der Waals surface area contributed by atoms with Crippen LogP contribution in [0.25, 0.3) is 21.7 Å². The van der Waals surface area contributed by atoms with E-state index in [9.17, 15) is 17.2 Å². The van der Waals surface area contributed by atoms with E-state index in [1.165, 1.54) is 35.7 Å². The highest BCUT2D eigenvalue weighted by atomic mass is 32.2. The third kappa shape index (κ3) is 4.87. The molecule has 0 saturated carbocycles. The number of hydrogen-bond donors (Lipinski definition) is 2. The van der Waals surface area contributed by atoms with E-state index >= 15 is 4.39 Å². The summed E-state index contributed by atoms with van der Waals surface area (Å²) in [7, 11) is -4.76. The molecule has 2 heterocycles. The third-order valence-corrected chi connectivity index (χ3v) is 8.10. The molecule has 0 unspecified atom stereocenters. The van der Waals surface area contributed by atoms with Gasteiger partial charge in [-0.05, 0) is 35.7 Å². The number of halogens is 3. The molecule has 35 heavy (non-hydrogen) atoms. The predicted octanol–water partition coefficient (Wildman–Crippen LogP) is 5.97. The monoisotopic (exact) mass is 518 g/mol. The van der Waals surface area contributed by atoms with Gasteiger partial charge in [0, 0.05) is 22.2 Å². The molecule has 0 saturated heterocycles. The first-order valence-corrected chi connectivity index (χ1v) is 12.7. The van der Waals surface area contributed by atoms with Crippen molar-refractivity contribution in [2.45, 2.75) is 31.1 Å². The number of nitrogen functional groups attached to an aromatic ring is 1. The molecule has 0 aliphatic heterocycles. The van der Waals surface area contributed by atoms with Gasteiger partial charge in [0.2, 0.25) is 5.95 Å². The topological polar surface area (TPSA) is 98.0 Å². The first kappa shape index (κ1) is 24.7. The van der Waals surface area contributed by atoms with Crippen molar-refractivity contribution < 1.29 is 21.6 Å². The number of sulfonamides is 1. The van der Waals surface area contributed by atoms with Crippen molar-refractivity contribution in [3.05, 3.63) is 77.1 Å². The van der Waals surface area contributed by atoms with E-state index in [-0.39, 0.29) is 16.9 Å². The Bertz CT molecular complexity index is 1510. The largest absolute Gasteiger partial charge is 0.368 e. The fourth-order valence-corrected chi connectivity index (χ4v) is 5.80. The van der Waals surface area contributed by atoms with Crippen LogP contribution in [0.15, 0.2) is 59.6 Å². The number of rotatable bonds is 5. The number of thiophene rings is 1. The van der Waals surface area contributed by atoms with Gasteiger partial charge >= 0.3 is 0 Å². The molecule has 0 spiro atoms. The Morgan fingerprint density at radius 3 is 2.26 bits per heavy atom. The lowest BCUT2D eigenvalue weighted by Gasteiger charge is -2.15. The van der Waals surface area contributed by atoms with E-state index in [0.29, 0.717) is 16.1 Å². The van der Waals surface area contributed by atoms with Crippen LogP contribution in [0.2, 0.25) is 0 Å². The molecule has 0 amide bonds. The Hall–Kier alpha value is -3.44. The maximum atomic E-state index is 15.7. The second kappa shape index (κ2) is 8.97. The van der Waals surface area contributed by atoms with E-state index in [1.807, 2.05) is 31.6 Å². The molecule has 0 bridgehead atoms. The number of benzene rings is 2. The van der Waals surface area contributed by atoms with Crippen LogP contribution >= 0.6 is 11.3 Å². The molecule has 2 aromatic heterocycles. The summed E-state index contributed by atoms with van der Waals surface area (Å²) in [5.41, 5.74) is 6.05. The van der Waals surface area contributed by atoms with Gasteiger partial charge in [0.1, 0.15) is 11.6 Å². The summed E-state index contributed by atoms with van der Waals surface area (Å²) >= 11 is 1.40. The summed E-state index contributed by atoms with van der Waals surface area (Å²) in [4.78, 5) is 8.51. The molecule has 11 heteroatoms. The minimum absolute atomic E-state index is 0.0491. The van der Waals surface area contributed by atoms with Crippen molar-refractivity contribution in [2.75, 3.05) is 10.5 Å². The molecule has 0 fully saturated rings. The maximum Gasteiger partial charge on any atom is 0.267 e. The summed E-state index contributed by atoms with van der Waals surface area (Å²) in [6.45, 7) is 6.01. The van der Waals surface area contributed by atoms with Crippen LogP contribution in [0, 0.1) is 17.5 Å². The standard InChI is InChI=1S/C24H21F3N4O2S2/c1-24(2,3)19-12-14(21(34-19)18-10-11-29-23(28)30-18)13-6-4-9-17(20(13)27)31-35(32,33)22-15(25)7-5-8-16(22)26/h4-12,31H,1-3H3,(H2,28,29,30). The molecule has 0 aliphatic rings. The number of nitrogens with two attached hydrogens (primary N) is 1. The summed E-state index contributed by atoms with van der Waals surface area (Å²) in [5.74, 6) is -3.43. The molecule has 3 N–H and O–H groups in total. The van der Waals surface area contributed by atoms with Gasteiger partial charge in [0.15, 0.2) is 10.7 Å². The fourth-order valence-electron chi connectivity index (χ4n) is 3.41. The zero-order valence-corrected chi connectivity index (χ0v) is 20.6. The zero-order valence-electron chi connectivity index (χ0n) is 18.9. The van der Waals surface area contributed by atoms with Crippen LogP contribution in [0.4, 0.5) is 24.8 Å². The van der Waals surface area contributed by atoms with Crippen molar-refractivity contribution in [3.8, 4) is 21.7 Å². The normalized spacial score (nSPS) is 12.1. The van der Waals surface area contributed by atoms with Gasteiger partial charge in [0.05, 0.1) is 16.3 Å². The Kier molecular flexibility index (Phi) is 6.32. The Morgan fingerprint density at radius 1 is 0.971 bits per heavy atom. The quantitative estimate of drug-likeness (QED) is 0.339. The molecule has 6 nitrogen and oxygen atoms in total. The van der Waals surface area contributed by atoms with Gasteiger partial charge in [0.25, 0.3) is 10.0 Å². The molecule has 0 radical (unpaired) electrons. The summed E-state index contributed by atoms with van der Waals surface area (Å²) in [6, 6.07) is 10.2. The van der Waals surface area contributed by atoms with E-state index in [4.69, 9.17) is 5.73 Å². The number of nitrogens with zero attached hydrogens (tertiary/aromatic N) is 2. The number of aromatic nitrogens is 2. The van der Waals surface area contributed by atoms with Gasteiger partial charge in [-0.1, -0.05) is 39.0 Å². The number of anilines is 2. The molecule has 182 valence electrons. The van der Waals surface area contributed by atoms with Crippen molar-refractivity contribution >= 4 is 33.0 Å². The van der Waals surface area contributed by atoms with Crippen LogP contribution in [-0.4, -0.2) is 18.4 Å². The highest BCUT2D eigenvalue weighted by Crippen LogP contribution is 2.44. The minimum atomic E-state index is -4.76. The van der Waals surface area contributed by atoms with E-state index in [0.717, 1.165) is 23.1 Å². The molecule has 0 aliphatic carbocycles. The highest BCUT2D eigenvalue weighted by Gasteiger charge is 2.27. The Morgan fingerprint density at radius 2 is 1.63 bits per heavy atom. The Balaban J connectivity index is 1.85. The van der Waals surface area contributed by atoms with Crippen LogP contribution in [-0.2, 0) is 15.4 Å². The smallest absolute Gasteiger partial charge is 0.267 e. The van der Waals surface area contributed by atoms with Crippen molar-refractivity contribution in [1.29, 1.82) is 0 Å². The van der Waals surface area contributed by atoms with Gasteiger partial charge in [-0.2, -0.15) is 0 Å². The van der Waals surface area contributed by atoms with Gasteiger partial charge < -0.3 is 5.73 Å². The summed E-state index contributed by atoms with van der Waals surface area (Å²) < 4.78 is 71.3. The first-order valence-electron chi connectivity index (χ1n) is 10.4. The van der Waals surface area contributed by atoms with Crippen molar-refractivity contribution in [1.82, 2.24) is 9.97 Å². The van der Waals surface area contributed by atoms with Crippen molar-refractivity contribution in [2.24, 2.45) is 0 Å². The highest BCUT2D eigenvalue weighted by molar-refractivity contribution is 7.92. The molecule has 4 rings (SSSR count). The van der Waals surface area contributed by atoms with Crippen LogP contribution in [0.3, 0.4) is 0 Å². The number of nitrogens with one attached hydrogen (secondary N) is 1. The van der Waals surface area contributed by atoms with Gasteiger partial charge in [-0.15, -0.1) is 11.3 Å². The molecule has 2 aromatic carbocycles. The molecular formula is C24H21F3N4O2S2. The predicted molar refractivity (Wildman–Crippen MR) is 131 cm³/mol. The fraction of sp³-hybridized carbons (Fsp3) is 0.167. The lowest BCUT2D eigenvalue weighted by Crippen LogP contribution is -2.17. The van der Waals surface area contributed by atoms with Crippen LogP contribution < -0.4 is 10.5 Å². The second-order valence-electron chi connectivity index (χ2n) is 8.73. The third-order valence-electron chi connectivity index (χ3n) is 5.10. The SMILES string of the molecule is CC(C)(C)c1cc(-c2cccc(NS(=O)(=O)c3c(F)cccc3F)c2F)c(-c2ccnc(N)n2)s1. The summed E-state index contributed by atoms with van der Waals surface area (Å²) in [5, 5.41) is 0. The van der Waals surface area contributed by atoms with Crippen LogP contribution in [0.5, 0.6) is 0 Å². The van der Waals surface area contributed by atoms with E-state index < -0.39 is 38.1 Å². The Labute approximate surface area is 204 Å². The average Bonchev–Trinajstić information content (AvgIpc) is 3.21. The summed E-state index contributed by atoms with van der Waals surface area (Å²) in [6.07, 6.45) is 1.49. The van der Waals surface area contributed by atoms with Crippen molar-refractivity contribution in [3.63, 3.8) is 0 Å². The van der Waals surface area contributed by atoms with Gasteiger partial charge in [-0.25, -0.2) is 31.6 Å². The molecular weight excluding hydrogens is 497 g/mol. The molecule has 4 aromatic rings. The lowest BCUT2D eigenvalue weighted by atomic mass is 9.93. The minimum Gasteiger partial charge on any atom is -0.368 e. The average molecular weight is 519 g/mol. The molecule has 0 atom stereocenters. The number of hydrogen-bond acceptors (Lipinski definition) is 6. The maximum absolute atomic E-state index is 15.7. The second-order valence-corrected chi connectivity index (χ2v) is 11.4. The van der Waals surface area contributed by atoms with E-state index in [1.54, 1.807) is 6.07 Å². The van der Waals surface area contributed by atoms with Crippen LogP contribution in [0.1, 0.15) is 25.6 Å². The lowest BCUT2D eigenvalue weighted by molar-refractivity contribution is 0.521. The van der Waals surface area contributed by atoms with E-state index in [2.05, 4.69) is 9.97 Å². The van der Waals surface area contributed by atoms with Gasteiger partial charge in [-0.3, -0.25) is 4.72 Å².